The fourth-order valence-electron chi connectivity index (χ4n) is 2.45. The number of nitrogens with zero attached hydrogens (tertiary/aromatic N) is 2. The molecule has 1 aliphatic rings. The van der Waals surface area contributed by atoms with E-state index in [1.54, 1.807) is 6.20 Å². The van der Waals surface area contributed by atoms with Crippen molar-refractivity contribution < 1.29 is 0 Å². The van der Waals surface area contributed by atoms with E-state index in [9.17, 15) is 0 Å². The standard InChI is InChI=1S/C14H18N4/c15-14-11-5-4-8-16-12(11)6-7-13(14)17-18-9-2-1-3-10-18/h4-8,17H,1-3,9-10,15H2. The number of fused-ring (bicyclic) bond motifs is 1. The van der Waals surface area contributed by atoms with Crippen LogP contribution in [0.5, 0.6) is 0 Å². The molecule has 0 bridgehead atoms. The molecular formula is C14H18N4. The van der Waals surface area contributed by atoms with Crippen molar-refractivity contribution in [3.8, 4) is 0 Å². The number of benzene rings is 1. The number of aromatic nitrogens is 1. The third kappa shape index (κ3) is 2.11. The number of rotatable bonds is 2. The first-order valence-corrected chi connectivity index (χ1v) is 6.49. The summed E-state index contributed by atoms with van der Waals surface area (Å²) in [6.07, 6.45) is 5.62. The van der Waals surface area contributed by atoms with Crippen LogP contribution in [0, 0.1) is 0 Å². The molecule has 1 aromatic carbocycles. The van der Waals surface area contributed by atoms with Gasteiger partial charge in [-0.2, -0.15) is 0 Å². The molecular weight excluding hydrogens is 224 g/mol. The molecule has 4 heteroatoms. The molecule has 2 aromatic rings. The van der Waals surface area contributed by atoms with Gasteiger partial charge in [-0.3, -0.25) is 4.98 Å². The molecule has 1 aromatic heterocycles. The number of nitrogens with one attached hydrogen (secondary N) is 1. The van der Waals surface area contributed by atoms with Gasteiger partial charge in [0, 0.05) is 24.7 Å². The SMILES string of the molecule is Nc1c(NN2CCCCC2)ccc2ncccc12. The molecule has 0 amide bonds. The number of nitrogens with two attached hydrogens (primary N) is 1. The number of hydrogen-bond acceptors (Lipinski definition) is 4. The Bertz CT molecular complexity index is 546. The van der Waals surface area contributed by atoms with Gasteiger partial charge in [0.15, 0.2) is 0 Å². The van der Waals surface area contributed by atoms with Gasteiger partial charge in [0.1, 0.15) is 0 Å². The van der Waals surface area contributed by atoms with E-state index in [-0.39, 0.29) is 0 Å². The Kier molecular flexibility index (Phi) is 3.02. The van der Waals surface area contributed by atoms with E-state index in [4.69, 9.17) is 5.73 Å². The number of hydrazine groups is 1. The van der Waals surface area contributed by atoms with Gasteiger partial charge >= 0.3 is 0 Å². The summed E-state index contributed by atoms with van der Waals surface area (Å²) in [4.78, 5) is 4.31. The summed E-state index contributed by atoms with van der Waals surface area (Å²) in [7, 11) is 0. The van der Waals surface area contributed by atoms with E-state index in [1.165, 1.54) is 19.3 Å². The van der Waals surface area contributed by atoms with Gasteiger partial charge in [-0.1, -0.05) is 6.42 Å². The van der Waals surface area contributed by atoms with E-state index in [0.717, 1.165) is 35.4 Å². The van der Waals surface area contributed by atoms with Crippen LogP contribution in [-0.2, 0) is 0 Å². The molecule has 0 spiro atoms. The first-order valence-electron chi connectivity index (χ1n) is 6.49. The molecule has 4 nitrogen and oxygen atoms in total. The van der Waals surface area contributed by atoms with Crippen molar-refractivity contribution in [1.29, 1.82) is 0 Å². The predicted molar refractivity (Wildman–Crippen MR) is 75.2 cm³/mol. The van der Waals surface area contributed by atoms with Crippen molar-refractivity contribution in [2.75, 3.05) is 24.2 Å². The molecule has 18 heavy (non-hydrogen) atoms. The van der Waals surface area contributed by atoms with E-state index in [1.807, 2.05) is 24.3 Å². The Morgan fingerprint density at radius 3 is 2.78 bits per heavy atom. The van der Waals surface area contributed by atoms with Gasteiger partial charge in [-0.05, 0) is 37.1 Å². The van der Waals surface area contributed by atoms with E-state index in [0.29, 0.717) is 0 Å². The molecule has 1 fully saturated rings. The second-order valence-electron chi connectivity index (χ2n) is 4.76. The lowest BCUT2D eigenvalue weighted by atomic mass is 10.1. The average molecular weight is 242 g/mol. The van der Waals surface area contributed by atoms with Crippen LogP contribution < -0.4 is 11.2 Å². The minimum absolute atomic E-state index is 0.783. The maximum atomic E-state index is 6.21. The second kappa shape index (κ2) is 4.82. The fraction of sp³-hybridized carbons (Fsp3) is 0.357. The summed E-state index contributed by atoms with van der Waals surface area (Å²) < 4.78 is 0. The summed E-state index contributed by atoms with van der Waals surface area (Å²) in [5.74, 6) is 0. The lowest BCUT2D eigenvalue weighted by Gasteiger charge is -2.28. The minimum Gasteiger partial charge on any atom is -0.396 e. The second-order valence-corrected chi connectivity index (χ2v) is 4.76. The molecule has 3 N–H and O–H groups in total. The van der Waals surface area contributed by atoms with Gasteiger partial charge in [-0.25, -0.2) is 5.01 Å². The highest BCUT2D eigenvalue weighted by molar-refractivity contribution is 5.96. The molecule has 2 heterocycles. The molecule has 0 unspecified atom stereocenters. The van der Waals surface area contributed by atoms with Gasteiger partial charge < -0.3 is 11.2 Å². The van der Waals surface area contributed by atoms with Crippen molar-refractivity contribution in [3.05, 3.63) is 30.5 Å². The third-order valence-corrected chi connectivity index (χ3v) is 3.46. The van der Waals surface area contributed by atoms with Crippen molar-refractivity contribution >= 4 is 22.3 Å². The number of piperidine rings is 1. The molecule has 1 aliphatic heterocycles. The zero-order chi connectivity index (χ0) is 12.4. The lowest BCUT2D eigenvalue weighted by Crippen LogP contribution is -2.35. The van der Waals surface area contributed by atoms with Gasteiger partial charge in [0.2, 0.25) is 0 Å². The van der Waals surface area contributed by atoms with Crippen LogP contribution in [0.4, 0.5) is 11.4 Å². The molecule has 0 aliphatic carbocycles. The van der Waals surface area contributed by atoms with Crippen LogP contribution in [0.2, 0.25) is 0 Å². The predicted octanol–water partition coefficient (Wildman–Crippen LogP) is 2.63. The zero-order valence-electron chi connectivity index (χ0n) is 10.4. The molecule has 0 radical (unpaired) electrons. The molecule has 1 saturated heterocycles. The first-order chi connectivity index (χ1) is 8.84. The molecule has 0 saturated carbocycles. The largest absolute Gasteiger partial charge is 0.396 e. The van der Waals surface area contributed by atoms with Crippen LogP contribution in [0.1, 0.15) is 19.3 Å². The number of hydrogen-bond donors (Lipinski definition) is 2. The Morgan fingerprint density at radius 2 is 1.94 bits per heavy atom. The van der Waals surface area contributed by atoms with Gasteiger partial charge in [0.05, 0.1) is 16.9 Å². The fourth-order valence-corrected chi connectivity index (χ4v) is 2.45. The van der Waals surface area contributed by atoms with Gasteiger partial charge in [0.25, 0.3) is 0 Å². The molecule has 94 valence electrons. The molecule has 0 atom stereocenters. The maximum Gasteiger partial charge on any atom is 0.0727 e. The molecule has 3 rings (SSSR count). The van der Waals surface area contributed by atoms with Crippen LogP contribution in [0.15, 0.2) is 30.5 Å². The topological polar surface area (TPSA) is 54.2 Å². The van der Waals surface area contributed by atoms with Crippen molar-refractivity contribution in [1.82, 2.24) is 9.99 Å². The minimum atomic E-state index is 0.783. The van der Waals surface area contributed by atoms with Crippen LogP contribution >= 0.6 is 0 Å². The average Bonchev–Trinajstić information content (AvgIpc) is 2.43. The Balaban J connectivity index is 1.89. The van der Waals surface area contributed by atoms with Crippen molar-refractivity contribution in [3.63, 3.8) is 0 Å². The summed E-state index contributed by atoms with van der Waals surface area (Å²) >= 11 is 0. The van der Waals surface area contributed by atoms with E-state index < -0.39 is 0 Å². The highest BCUT2D eigenvalue weighted by Crippen LogP contribution is 2.28. The Labute approximate surface area is 107 Å². The summed E-state index contributed by atoms with van der Waals surface area (Å²) in [5, 5.41) is 3.26. The first kappa shape index (κ1) is 11.3. The summed E-state index contributed by atoms with van der Waals surface area (Å²) in [6, 6.07) is 7.96. The van der Waals surface area contributed by atoms with Gasteiger partial charge in [-0.15, -0.1) is 0 Å². The lowest BCUT2D eigenvalue weighted by molar-refractivity contribution is 0.273. The number of nitrogen functional groups attached to an aromatic ring is 1. The zero-order valence-corrected chi connectivity index (χ0v) is 10.4. The number of anilines is 2. The van der Waals surface area contributed by atoms with E-state index in [2.05, 4.69) is 15.4 Å². The summed E-state index contributed by atoms with van der Waals surface area (Å²) in [6.45, 7) is 2.18. The highest BCUT2D eigenvalue weighted by atomic mass is 15.5. The summed E-state index contributed by atoms with van der Waals surface area (Å²) in [5.41, 5.74) is 12.3. The Morgan fingerprint density at radius 1 is 1.11 bits per heavy atom. The normalized spacial score (nSPS) is 16.9. The van der Waals surface area contributed by atoms with Crippen LogP contribution in [-0.4, -0.2) is 23.1 Å². The third-order valence-electron chi connectivity index (χ3n) is 3.46. The van der Waals surface area contributed by atoms with Crippen LogP contribution in [0.3, 0.4) is 0 Å². The highest BCUT2D eigenvalue weighted by Gasteiger charge is 2.12. The quantitative estimate of drug-likeness (QED) is 0.795. The van der Waals surface area contributed by atoms with Crippen molar-refractivity contribution in [2.24, 2.45) is 0 Å². The monoisotopic (exact) mass is 242 g/mol. The maximum absolute atomic E-state index is 6.21. The number of pyridine rings is 1. The van der Waals surface area contributed by atoms with Crippen LogP contribution in [0.25, 0.3) is 10.9 Å². The smallest absolute Gasteiger partial charge is 0.0727 e. The Hall–Kier alpha value is -1.81. The van der Waals surface area contributed by atoms with Crippen molar-refractivity contribution in [2.45, 2.75) is 19.3 Å². The van der Waals surface area contributed by atoms with E-state index >= 15 is 0 Å².